The molecule has 1 aromatic carbocycles. The van der Waals surface area contributed by atoms with Crippen LogP contribution in [-0.4, -0.2) is 18.3 Å². The molecule has 0 radical (unpaired) electrons. The maximum atomic E-state index is 13.1. The van der Waals surface area contributed by atoms with Crippen molar-refractivity contribution in [1.82, 2.24) is 0 Å². The van der Waals surface area contributed by atoms with E-state index in [2.05, 4.69) is 0 Å². The highest BCUT2D eigenvalue weighted by Crippen LogP contribution is 2.36. The SMILES string of the molecule is OC(c1cc2cc(F)ccc2s1)C1CCCOC1. The summed E-state index contributed by atoms with van der Waals surface area (Å²) in [5.41, 5.74) is 0. The van der Waals surface area contributed by atoms with Crippen LogP contribution in [0.4, 0.5) is 4.39 Å². The minimum Gasteiger partial charge on any atom is -0.387 e. The van der Waals surface area contributed by atoms with Crippen LogP contribution in [0.3, 0.4) is 0 Å². The summed E-state index contributed by atoms with van der Waals surface area (Å²) in [6, 6.07) is 6.63. The molecule has 18 heavy (non-hydrogen) atoms. The summed E-state index contributed by atoms with van der Waals surface area (Å²) >= 11 is 1.54. The minimum atomic E-state index is -0.495. The monoisotopic (exact) mass is 266 g/mol. The van der Waals surface area contributed by atoms with Crippen molar-refractivity contribution in [2.24, 2.45) is 5.92 Å². The zero-order valence-electron chi connectivity index (χ0n) is 9.93. The molecule has 1 saturated heterocycles. The molecule has 1 aliphatic heterocycles. The molecule has 0 aliphatic carbocycles. The van der Waals surface area contributed by atoms with Crippen LogP contribution >= 0.6 is 11.3 Å². The van der Waals surface area contributed by atoms with Crippen molar-refractivity contribution in [3.8, 4) is 0 Å². The molecular weight excluding hydrogens is 251 g/mol. The third-order valence-corrected chi connectivity index (χ3v) is 4.62. The molecule has 1 N–H and O–H groups in total. The molecule has 0 spiro atoms. The Hall–Kier alpha value is -0.970. The van der Waals surface area contributed by atoms with Crippen molar-refractivity contribution in [3.05, 3.63) is 35.0 Å². The Bertz CT molecular complexity index is 546. The van der Waals surface area contributed by atoms with Crippen LogP contribution in [0.15, 0.2) is 24.3 Å². The molecule has 0 amide bonds. The number of fused-ring (bicyclic) bond motifs is 1. The molecule has 0 saturated carbocycles. The second-order valence-electron chi connectivity index (χ2n) is 4.75. The fourth-order valence-corrected chi connectivity index (χ4v) is 3.55. The minimum absolute atomic E-state index is 0.164. The number of hydrogen-bond acceptors (Lipinski definition) is 3. The summed E-state index contributed by atoms with van der Waals surface area (Å²) in [6.45, 7) is 1.41. The molecule has 0 bridgehead atoms. The highest BCUT2D eigenvalue weighted by molar-refractivity contribution is 7.19. The van der Waals surface area contributed by atoms with Gasteiger partial charge in [-0.15, -0.1) is 11.3 Å². The zero-order valence-corrected chi connectivity index (χ0v) is 10.8. The third-order valence-electron chi connectivity index (χ3n) is 3.43. The van der Waals surface area contributed by atoms with Gasteiger partial charge in [0.1, 0.15) is 5.82 Å². The van der Waals surface area contributed by atoms with Crippen LogP contribution in [0.1, 0.15) is 23.8 Å². The normalized spacial score (nSPS) is 22.2. The van der Waals surface area contributed by atoms with Crippen LogP contribution in [0.2, 0.25) is 0 Å². The van der Waals surface area contributed by atoms with Gasteiger partial charge in [0.15, 0.2) is 0 Å². The summed E-state index contributed by atoms with van der Waals surface area (Å²) < 4.78 is 19.5. The number of thiophene rings is 1. The molecular formula is C14H15FO2S. The second-order valence-corrected chi connectivity index (χ2v) is 5.87. The molecule has 2 heterocycles. The second kappa shape index (κ2) is 4.96. The first-order valence-electron chi connectivity index (χ1n) is 6.19. The predicted octanol–water partition coefficient (Wildman–Crippen LogP) is 3.50. The summed E-state index contributed by atoms with van der Waals surface area (Å²) in [6.07, 6.45) is 1.50. The lowest BCUT2D eigenvalue weighted by Gasteiger charge is -2.25. The Morgan fingerprint density at radius 2 is 2.28 bits per heavy atom. The topological polar surface area (TPSA) is 29.5 Å². The molecule has 1 aliphatic rings. The van der Waals surface area contributed by atoms with E-state index in [0.29, 0.717) is 6.61 Å². The van der Waals surface area contributed by atoms with E-state index in [1.165, 1.54) is 23.5 Å². The summed E-state index contributed by atoms with van der Waals surface area (Å²) in [4.78, 5) is 0.908. The van der Waals surface area contributed by atoms with Gasteiger partial charge in [0.25, 0.3) is 0 Å². The molecule has 2 atom stereocenters. The van der Waals surface area contributed by atoms with Gasteiger partial charge in [-0.25, -0.2) is 4.39 Å². The van der Waals surface area contributed by atoms with E-state index in [0.717, 1.165) is 34.4 Å². The Kier molecular flexibility index (Phi) is 3.33. The van der Waals surface area contributed by atoms with Gasteiger partial charge in [0, 0.05) is 22.1 Å². The molecule has 2 aromatic rings. The number of aliphatic hydroxyl groups excluding tert-OH is 1. The van der Waals surface area contributed by atoms with Crippen LogP contribution in [0, 0.1) is 11.7 Å². The maximum Gasteiger partial charge on any atom is 0.123 e. The predicted molar refractivity (Wildman–Crippen MR) is 70.3 cm³/mol. The van der Waals surface area contributed by atoms with Crippen molar-refractivity contribution in [3.63, 3.8) is 0 Å². The summed E-state index contributed by atoms with van der Waals surface area (Å²) in [5, 5.41) is 11.2. The van der Waals surface area contributed by atoms with E-state index < -0.39 is 6.10 Å². The van der Waals surface area contributed by atoms with Crippen molar-refractivity contribution in [2.45, 2.75) is 18.9 Å². The maximum absolute atomic E-state index is 13.1. The number of ether oxygens (including phenoxy) is 1. The van der Waals surface area contributed by atoms with Crippen LogP contribution in [0.25, 0.3) is 10.1 Å². The van der Waals surface area contributed by atoms with Gasteiger partial charge in [-0.05, 0) is 42.5 Å². The Morgan fingerprint density at radius 3 is 3.06 bits per heavy atom. The van der Waals surface area contributed by atoms with Crippen molar-refractivity contribution in [1.29, 1.82) is 0 Å². The average molecular weight is 266 g/mol. The van der Waals surface area contributed by atoms with Gasteiger partial charge in [0.2, 0.25) is 0 Å². The number of hydrogen-bond donors (Lipinski definition) is 1. The Labute approximate surface area is 109 Å². The molecule has 2 nitrogen and oxygen atoms in total. The van der Waals surface area contributed by atoms with Crippen molar-refractivity contribution >= 4 is 21.4 Å². The lowest BCUT2D eigenvalue weighted by molar-refractivity contribution is -0.00860. The average Bonchev–Trinajstić information content (AvgIpc) is 2.81. The fraction of sp³-hybridized carbons (Fsp3) is 0.429. The van der Waals surface area contributed by atoms with Gasteiger partial charge in [0.05, 0.1) is 12.7 Å². The molecule has 1 fully saturated rings. The van der Waals surface area contributed by atoms with E-state index in [-0.39, 0.29) is 11.7 Å². The fourth-order valence-electron chi connectivity index (χ4n) is 2.43. The number of aliphatic hydroxyl groups is 1. The molecule has 3 rings (SSSR count). The lowest BCUT2D eigenvalue weighted by atomic mass is 9.95. The van der Waals surface area contributed by atoms with Gasteiger partial charge in [-0.1, -0.05) is 0 Å². The smallest absolute Gasteiger partial charge is 0.123 e. The van der Waals surface area contributed by atoms with E-state index in [1.807, 2.05) is 6.07 Å². The number of benzene rings is 1. The Balaban J connectivity index is 1.88. The van der Waals surface area contributed by atoms with Gasteiger partial charge < -0.3 is 9.84 Å². The van der Waals surface area contributed by atoms with Crippen LogP contribution < -0.4 is 0 Å². The first-order valence-corrected chi connectivity index (χ1v) is 7.00. The van der Waals surface area contributed by atoms with Crippen LogP contribution in [0.5, 0.6) is 0 Å². The van der Waals surface area contributed by atoms with E-state index in [1.54, 1.807) is 6.07 Å². The zero-order chi connectivity index (χ0) is 12.5. The van der Waals surface area contributed by atoms with Gasteiger partial charge in [-0.3, -0.25) is 0 Å². The summed E-state index contributed by atoms with van der Waals surface area (Å²) in [7, 11) is 0. The lowest BCUT2D eigenvalue weighted by Crippen LogP contribution is -2.23. The van der Waals surface area contributed by atoms with E-state index in [4.69, 9.17) is 4.74 Å². The number of halogens is 1. The first kappa shape index (κ1) is 12.1. The third kappa shape index (κ3) is 2.28. The molecule has 4 heteroatoms. The standard InChI is InChI=1S/C14H15FO2S/c15-11-3-4-12-10(6-11)7-13(18-12)14(16)9-2-1-5-17-8-9/h3-4,6-7,9,14,16H,1-2,5,8H2. The van der Waals surface area contributed by atoms with E-state index in [9.17, 15) is 9.50 Å². The van der Waals surface area contributed by atoms with E-state index >= 15 is 0 Å². The quantitative estimate of drug-likeness (QED) is 0.901. The summed E-state index contributed by atoms with van der Waals surface area (Å²) in [5.74, 6) is -0.0704. The molecule has 2 unspecified atom stereocenters. The first-order chi connectivity index (χ1) is 8.74. The van der Waals surface area contributed by atoms with Crippen molar-refractivity contribution in [2.75, 3.05) is 13.2 Å². The van der Waals surface area contributed by atoms with Gasteiger partial charge in [-0.2, -0.15) is 0 Å². The van der Waals surface area contributed by atoms with Crippen molar-refractivity contribution < 1.29 is 14.2 Å². The van der Waals surface area contributed by atoms with Gasteiger partial charge >= 0.3 is 0 Å². The highest BCUT2D eigenvalue weighted by atomic mass is 32.1. The number of rotatable bonds is 2. The Morgan fingerprint density at radius 1 is 1.39 bits per heavy atom. The largest absolute Gasteiger partial charge is 0.387 e. The van der Waals surface area contributed by atoms with Crippen LogP contribution in [-0.2, 0) is 4.74 Å². The molecule has 96 valence electrons. The highest BCUT2D eigenvalue weighted by Gasteiger charge is 2.25. The molecule has 1 aromatic heterocycles.